The summed E-state index contributed by atoms with van der Waals surface area (Å²) in [5, 5.41) is 8.60. The van der Waals surface area contributed by atoms with E-state index in [0.29, 0.717) is 24.8 Å². The van der Waals surface area contributed by atoms with Crippen LogP contribution in [0, 0.1) is 0 Å². The fraction of sp³-hybridized carbons (Fsp3) is 0.400. The van der Waals surface area contributed by atoms with Crippen LogP contribution in [0.25, 0.3) is 0 Å². The lowest BCUT2D eigenvalue weighted by Crippen LogP contribution is -2.16. The molecule has 0 aliphatic carbocycles. The third-order valence-corrected chi connectivity index (χ3v) is 4.09. The van der Waals surface area contributed by atoms with Crippen molar-refractivity contribution in [1.82, 2.24) is 0 Å². The smallest absolute Gasteiger partial charge is 0.337 e. The van der Waals surface area contributed by atoms with E-state index in [9.17, 15) is 19.5 Å². The van der Waals surface area contributed by atoms with E-state index < -0.39 is 17.2 Å². The molecule has 0 saturated heterocycles. The highest BCUT2D eigenvalue weighted by atomic mass is 32.2. The van der Waals surface area contributed by atoms with E-state index in [1.165, 1.54) is 25.8 Å². The second kappa shape index (κ2) is 8.46. The fourth-order valence-corrected chi connectivity index (χ4v) is 2.73. The molecule has 1 atom stereocenters. The summed E-state index contributed by atoms with van der Waals surface area (Å²) in [5.41, 5.74) is 0.422. The van der Waals surface area contributed by atoms with Gasteiger partial charge in [-0.2, -0.15) is 0 Å². The quantitative estimate of drug-likeness (QED) is 0.587. The molecular weight excluding hydrogens is 292 g/mol. The summed E-state index contributed by atoms with van der Waals surface area (Å²) in [6, 6.07) is 6.58. The van der Waals surface area contributed by atoms with Crippen molar-refractivity contribution in [3.63, 3.8) is 0 Å². The van der Waals surface area contributed by atoms with Crippen molar-refractivity contribution in [3.05, 3.63) is 29.8 Å². The molecule has 0 heterocycles. The number of aliphatic carboxylic acids is 1. The van der Waals surface area contributed by atoms with E-state index >= 15 is 0 Å². The SMILES string of the molecule is COC(=O)c1ccc(SC(CCCC(C)=O)C(=O)O)cc1. The van der Waals surface area contributed by atoms with E-state index in [0.717, 1.165) is 4.90 Å². The van der Waals surface area contributed by atoms with Crippen molar-refractivity contribution in [2.75, 3.05) is 7.11 Å². The number of carboxylic acid groups (broad SMARTS) is 1. The molecule has 0 amide bonds. The first-order valence-corrected chi connectivity index (χ1v) is 7.39. The largest absolute Gasteiger partial charge is 0.480 e. The number of carboxylic acids is 1. The molecule has 1 rings (SSSR count). The van der Waals surface area contributed by atoms with Crippen molar-refractivity contribution in [1.29, 1.82) is 0 Å². The molecule has 114 valence electrons. The number of carbonyl (C=O) groups is 3. The molecule has 6 heteroatoms. The van der Waals surface area contributed by atoms with Crippen LogP contribution in [0.3, 0.4) is 0 Å². The summed E-state index contributed by atoms with van der Waals surface area (Å²) in [6.07, 6.45) is 1.38. The standard InChI is InChI=1S/C15H18O5S/c1-10(16)4-3-5-13(14(17)18)21-12-8-6-11(7-9-12)15(19)20-2/h6-9,13H,3-5H2,1-2H3,(H,17,18). The van der Waals surface area contributed by atoms with E-state index in [4.69, 9.17) is 0 Å². The molecule has 21 heavy (non-hydrogen) atoms. The maximum atomic E-state index is 11.3. The molecule has 1 aromatic rings. The average molecular weight is 310 g/mol. The Bertz CT molecular complexity index is 509. The first-order valence-electron chi connectivity index (χ1n) is 6.51. The number of methoxy groups -OCH3 is 1. The first kappa shape index (κ1) is 17.2. The predicted molar refractivity (Wildman–Crippen MR) is 79.6 cm³/mol. The number of thioether (sulfide) groups is 1. The van der Waals surface area contributed by atoms with Gasteiger partial charge in [0.05, 0.1) is 12.7 Å². The Hall–Kier alpha value is -1.82. The van der Waals surface area contributed by atoms with E-state index in [1.807, 2.05) is 0 Å². The minimum Gasteiger partial charge on any atom is -0.480 e. The third kappa shape index (κ3) is 5.99. The lowest BCUT2D eigenvalue weighted by atomic mass is 10.1. The monoisotopic (exact) mass is 310 g/mol. The van der Waals surface area contributed by atoms with Gasteiger partial charge in [0, 0.05) is 11.3 Å². The zero-order valence-electron chi connectivity index (χ0n) is 12.0. The predicted octanol–water partition coefficient (Wildman–Crippen LogP) is 2.78. The first-order chi connectivity index (χ1) is 9.93. The number of ketones is 1. The number of carbonyl (C=O) groups excluding carboxylic acids is 2. The number of hydrogen-bond donors (Lipinski definition) is 1. The molecule has 0 saturated carbocycles. The summed E-state index contributed by atoms with van der Waals surface area (Å²) in [6.45, 7) is 1.49. The van der Waals surface area contributed by atoms with Crippen LogP contribution in [0.4, 0.5) is 0 Å². The van der Waals surface area contributed by atoms with E-state index in [-0.39, 0.29) is 5.78 Å². The summed E-state index contributed by atoms with van der Waals surface area (Å²) >= 11 is 1.21. The molecule has 5 nitrogen and oxygen atoms in total. The van der Waals surface area contributed by atoms with Gasteiger partial charge in [0.25, 0.3) is 0 Å². The third-order valence-electron chi connectivity index (χ3n) is 2.82. The highest BCUT2D eigenvalue weighted by Crippen LogP contribution is 2.27. The molecule has 1 N–H and O–H groups in total. The Morgan fingerprint density at radius 2 is 1.86 bits per heavy atom. The van der Waals surface area contributed by atoms with Gasteiger partial charge in [-0.25, -0.2) is 4.79 Å². The Kier molecular flexibility index (Phi) is 6.94. The number of rotatable bonds is 8. The van der Waals surface area contributed by atoms with Crippen LogP contribution in [-0.4, -0.2) is 35.2 Å². The Balaban J connectivity index is 2.64. The van der Waals surface area contributed by atoms with Gasteiger partial charge in [0.15, 0.2) is 0 Å². The average Bonchev–Trinajstić information content (AvgIpc) is 2.45. The van der Waals surface area contributed by atoms with Gasteiger partial charge in [-0.3, -0.25) is 4.79 Å². The molecule has 0 aliphatic heterocycles. The molecule has 0 aromatic heterocycles. The molecule has 1 aromatic carbocycles. The van der Waals surface area contributed by atoms with Crippen molar-refractivity contribution < 1.29 is 24.2 Å². The van der Waals surface area contributed by atoms with Crippen LogP contribution >= 0.6 is 11.8 Å². The summed E-state index contributed by atoms with van der Waals surface area (Å²) in [7, 11) is 1.31. The topological polar surface area (TPSA) is 80.7 Å². The number of ether oxygens (including phenoxy) is 1. The van der Waals surface area contributed by atoms with Crippen LogP contribution in [-0.2, 0) is 14.3 Å². The van der Waals surface area contributed by atoms with Crippen LogP contribution in [0.15, 0.2) is 29.2 Å². The maximum Gasteiger partial charge on any atom is 0.337 e. The lowest BCUT2D eigenvalue weighted by molar-refractivity contribution is -0.136. The number of Topliss-reactive ketones (excluding diaryl/α,β-unsaturated/α-hetero) is 1. The highest BCUT2D eigenvalue weighted by Gasteiger charge is 2.19. The zero-order chi connectivity index (χ0) is 15.8. The van der Waals surface area contributed by atoms with Gasteiger partial charge in [-0.15, -0.1) is 11.8 Å². The van der Waals surface area contributed by atoms with Crippen molar-refractivity contribution in [2.24, 2.45) is 0 Å². The second-order valence-electron chi connectivity index (χ2n) is 4.55. The molecule has 1 unspecified atom stereocenters. The van der Waals surface area contributed by atoms with Crippen LogP contribution in [0.5, 0.6) is 0 Å². The highest BCUT2D eigenvalue weighted by molar-refractivity contribution is 8.00. The minimum atomic E-state index is -0.902. The van der Waals surface area contributed by atoms with Gasteiger partial charge in [-0.1, -0.05) is 0 Å². The van der Waals surface area contributed by atoms with E-state index in [2.05, 4.69) is 4.74 Å². The second-order valence-corrected chi connectivity index (χ2v) is 5.83. The van der Waals surface area contributed by atoms with Crippen LogP contribution in [0.2, 0.25) is 0 Å². The fourth-order valence-electron chi connectivity index (χ4n) is 1.72. The summed E-state index contributed by atoms with van der Waals surface area (Å²) in [5.74, 6) is -1.27. The maximum absolute atomic E-state index is 11.3. The van der Waals surface area contributed by atoms with Gasteiger partial charge in [-0.05, 0) is 44.0 Å². The van der Waals surface area contributed by atoms with Crippen LogP contribution < -0.4 is 0 Å². The number of benzene rings is 1. The number of hydrogen-bond acceptors (Lipinski definition) is 5. The zero-order valence-corrected chi connectivity index (χ0v) is 12.8. The van der Waals surface area contributed by atoms with Crippen molar-refractivity contribution >= 4 is 29.5 Å². The summed E-state index contributed by atoms with van der Waals surface area (Å²) in [4.78, 5) is 34.2. The van der Waals surface area contributed by atoms with Crippen molar-refractivity contribution in [2.45, 2.75) is 36.3 Å². The summed E-state index contributed by atoms with van der Waals surface area (Å²) < 4.78 is 4.60. The molecular formula is C15H18O5S. The van der Waals surface area contributed by atoms with Crippen molar-refractivity contribution in [3.8, 4) is 0 Å². The molecule has 0 fully saturated rings. The molecule has 0 bridgehead atoms. The Morgan fingerprint density at radius 3 is 2.33 bits per heavy atom. The van der Waals surface area contributed by atoms with E-state index in [1.54, 1.807) is 24.3 Å². The Morgan fingerprint density at radius 1 is 1.24 bits per heavy atom. The molecule has 0 aliphatic rings. The van der Waals surface area contributed by atoms with Gasteiger partial charge in [0.2, 0.25) is 0 Å². The normalized spacial score (nSPS) is 11.7. The molecule has 0 radical (unpaired) electrons. The minimum absolute atomic E-state index is 0.0616. The molecule has 0 spiro atoms. The lowest BCUT2D eigenvalue weighted by Gasteiger charge is -2.11. The number of esters is 1. The van der Waals surface area contributed by atoms with Gasteiger partial charge < -0.3 is 14.6 Å². The van der Waals surface area contributed by atoms with Gasteiger partial charge in [0.1, 0.15) is 11.0 Å². The van der Waals surface area contributed by atoms with Gasteiger partial charge >= 0.3 is 11.9 Å². The van der Waals surface area contributed by atoms with Crippen LogP contribution in [0.1, 0.15) is 36.5 Å². The Labute approximate surface area is 127 Å².